The van der Waals surface area contributed by atoms with Gasteiger partial charge in [0.25, 0.3) is 0 Å². The summed E-state index contributed by atoms with van der Waals surface area (Å²) in [6.45, 7) is 13.4. The van der Waals surface area contributed by atoms with E-state index in [4.69, 9.17) is 4.43 Å². The third-order valence-corrected chi connectivity index (χ3v) is 8.84. The monoisotopic (exact) mass is 268 g/mol. The highest BCUT2D eigenvalue weighted by Gasteiger charge is 2.41. The highest BCUT2D eigenvalue weighted by Crippen LogP contribution is 2.40. The fourth-order valence-electron chi connectivity index (χ4n) is 2.15. The van der Waals surface area contributed by atoms with E-state index in [0.29, 0.717) is 18.6 Å². The standard InChI is InChI=1S/C15H28O2Si/c1-7-8-12-11-13(16)9-10-14(12)17-18(5,6)15(2,3)4/h7-8,12,14H,9-11H2,1-6H3/b8-7-/t12-,14-/m0/s1. The highest BCUT2D eigenvalue weighted by atomic mass is 28.4. The second kappa shape index (κ2) is 5.70. The van der Waals surface area contributed by atoms with E-state index in [2.05, 4.69) is 39.9 Å². The smallest absolute Gasteiger partial charge is 0.192 e. The molecule has 1 rings (SSSR count). The first-order valence-electron chi connectivity index (χ1n) is 6.99. The number of carbonyl (C=O) groups excluding carboxylic acids is 1. The molecule has 0 radical (unpaired) electrons. The van der Waals surface area contributed by atoms with Gasteiger partial charge in [-0.25, -0.2) is 0 Å². The second-order valence-electron chi connectivity index (χ2n) is 6.89. The molecular weight excluding hydrogens is 240 g/mol. The fraction of sp³-hybridized carbons (Fsp3) is 0.800. The molecule has 0 spiro atoms. The first kappa shape index (κ1) is 15.6. The quantitative estimate of drug-likeness (QED) is 0.563. The molecule has 0 unspecified atom stereocenters. The van der Waals surface area contributed by atoms with Gasteiger partial charge in [-0.1, -0.05) is 32.9 Å². The van der Waals surface area contributed by atoms with Crippen LogP contribution in [0, 0.1) is 5.92 Å². The first-order valence-corrected chi connectivity index (χ1v) is 9.90. The predicted octanol–water partition coefficient (Wildman–Crippen LogP) is 4.32. The minimum absolute atomic E-state index is 0.231. The van der Waals surface area contributed by atoms with Crippen molar-refractivity contribution in [2.45, 2.75) is 71.2 Å². The van der Waals surface area contributed by atoms with E-state index in [-0.39, 0.29) is 17.1 Å². The van der Waals surface area contributed by atoms with Gasteiger partial charge in [0, 0.05) is 18.8 Å². The number of ketones is 1. The highest BCUT2D eigenvalue weighted by molar-refractivity contribution is 6.74. The SMILES string of the molecule is C/C=C\[C@H]1CC(=O)CC[C@@H]1O[Si](C)(C)C(C)(C)C. The molecule has 0 aromatic rings. The van der Waals surface area contributed by atoms with Gasteiger partial charge in [-0.15, -0.1) is 0 Å². The van der Waals surface area contributed by atoms with Gasteiger partial charge in [-0.2, -0.15) is 0 Å². The molecule has 3 heteroatoms. The summed E-state index contributed by atoms with van der Waals surface area (Å²) in [5.74, 6) is 0.665. The summed E-state index contributed by atoms with van der Waals surface area (Å²) in [6.07, 6.45) is 6.66. The molecule has 1 saturated carbocycles. The van der Waals surface area contributed by atoms with Crippen LogP contribution in [0.2, 0.25) is 18.1 Å². The van der Waals surface area contributed by atoms with Crippen molar-refractivity contribution in [3.63, 3.8) is 0 Å². The summed E-state index contributed by atoms with van der Waals surface area (Å²) >= 11 is 0. The topological polar surface area (TPSA) is 26.3 Å². The Kier molecular flexibility index (Phi) is 4.95. The molecule has 2 nitrogen and oxygen atoms in total. The van der Waals surface area contributed by atoms with E-state index in [1.807, 2.05) is 13.0 Å². The van der Waals surface area contributed by atoms with Crippen LogP contribution in [-0.2, 0) is 9.22 Å². The summed E-state index contributed by atoms with van der Waals surface area (Å²) in [4.78, 5) is 11.6. The normalized spacial score (nSPS) is 26.9. The molecule has 18 heavy (non-hydrogen) atoms. The number of carbonyl (C=O) groups is 1. The molecule has 1 aliphatic rings. The Balaban J connectivity index is 2.78. The average Bonchev–Trinajstić information content (AvgIpc) is 2.20. The van der Waals surface area contributed by atoms with Gasteiger partial charge in [0.15, 0.2) is 8.32 Å². The molecule has 0 aromatic heterocycles. The molecule has 0 amide bonds. The number of Topliss-reactive ketones (excluding diaryl/α,β-unsaturated/α-hetero) is 1. The number of hydrogen-bond donors (Lipinski definition) is 0. The Morgan fingerprint density at radius 1 is 1.33 bits per heavy atom. The molecular formula is C15H28O2Si. The molecule has 0 saturated heterocycles. The predicted molar refractivity (Wildman–Crippen MR) is 79.2 cm³/mol. The van der Waals surface area contributed by atoms with E-state index in [0.717, 1.165) is 6.42 Å². The van der Waals surface area contributed by atoms with Crippen LogP contribution in [0.5, 0.6) is 0 Å². The Morgan fingerprint density at radius 3 is 2.44 bits per heavy atom. The van der Waals surface area contributed by atoms with Crippen molar-refractivity contribution in [2.24, 2.45) is 5.92 Å². The molecule has 0 bridgehead atoms. The molecule has 0 heterocycles. The van der Waals surface area contributed by atoms with Crippen molar-refractivity contribution in [3.05, 3.63) is 12.2 Å². The van der Waals surface area contributed by atoms with Crippen molar-refractivity contribution >= 4 is 14.1 Å². The fourth-order valence-corrected chi connectivity index (χ4v) is 3.56. The summed E-state index contributed by atoms with van der Waals surface area (Å²) in [5, 5.41) is 0.231. The molecule has 104 valence electrons. The number of rotatable bonds is 3. The second-order valence-corrected chi connectivity index (χ2v) is 11.6. The van der Waals surface area contributed by atoms with Gasteiger partial charge >= 0.3 is 0 Å². The lowest BCUT2D eigenvalue weighted by Crippen LogP contribution is -2.47. The molecule has 0 aromatic carbocycles. The Hall–Kier alpha value is -0.413. The molecule has 0 aliphatic heterocycles. The summed E-state index contributed by atoms with van der Waals surface area (Å²) in [6, 6.07) is 0. The van der Waals surface area contributed by atoms with Crippen LogP contribution in [0.1, 0.15) is 47.0 Å². The van der Waals surface area contributed by atoms with Crippen LogP contribution in [0.4, 0.5) is 0 Å². The lowest BCUT2D eigenvalue weighted by Gasteiger charge is -2.42. The van der Waals surface area contributed by atoms with Gasteiger partial charge < -0.3 is 4.43 Å². The zero-order valence-corrected chi connectivity index (χ0v) is 13.7. The van der Waals surface area contributed by atoms with Crippen molar-refractivity contribution in [1.82, 2.24) is 0 Å². The van der Waals surface area contributed by atoms with E-state index >= 15 is 0 Å². The maximum absolute atomic E-state index is 11.6. The van der Waals surface area contributed by atoms with Crippen LogP contribution in [0.3, 0.4) is 0 Å². The maximum Gasteiger partial charge on any atom is 0.192 e. The number of allylic oxidation sites excluding steroid dienone is 1. The van der Waals surface area contributed by atoms with Crippen molar-refractivity contribution in [1.29, 1.82) is 0 Å². The number of hydrogen-bond acceptors (Lipinski definition) is 2. The Morgan fingerprint density at radius 2 is 1.94 bits per heavy atom. The Bertz CT molecular complexity index is 326. The third kappa shape index (κ3) is 3.79. The van der Waals surface area contributed by atoms with Crippen LogP contribution in [0.15, 0.2) is 12.2 Å². The van der Waals surface area contributed by atoms with Crippen LogP contribution < -0.4 is 0 Å². The average molecular weight is 268 g/mol. The van der Waals surface area contributed by atoms with Crippen LogP contribution in [0.25, 0.3) is 0 Å². The van der Waals surface area contributed by atoms with E-state index in [9.17, 15) is 4.79 Å². The molecule has 1 aliphatic carbocycles. The van der Waals surface area contributed by atoms with Crippen molar-refractivity contribution < 1.29 is 9.22 Å². The summed E-state index contributed by atoms with van der Waals surface area (Å²) in [7, 11) is -1.73. The van der Waals surface area contributed by atoms with Gasteiger partial charge in [0.2, 0.25) is 0 Å². The molecule has 2 atom stereocenters. The molecule has 1 fully saturated rings. The van der Waals surface area contributed by atoms with Gasteiger partial charge in [-0.05, 0) is 31.5 Å². The minimum atomic E-state index is -1.73. The summed E-state index contributed by atoms with van der Waals surface area (Å²) in [5.41, 5.74) is 0. The first-order chi connectivity index (χ1) is 8.17. The zero-order valence-electron chi connectivity index (χ0n) is 12.7. The van der Waals surface area contributed by atoms with E-state index in [1.54, 1.807) is 0 Å². The zero-order chi connectivity index (χ0) is 14.0. The summed E-state index contributed by atoms with van der Waals surface area (Å²) < 4.78 is 6.49. The van der Waals surface area contributed by atoms with Crippen LogP contribution >= 0.6 is 0 Å². The maximum atomic E-state index is 11.6. The lowest BCUT2D eigenvalue weighted by atomic mass is 9.85. The lowest BCUT2D eigenvalue weighted by molar-refractivity contribution is -0.123. The van der Waals surface area contributed by atoms with E-state index in [1.165, 1.54) is 0 Å². The van der Waals surface area contributed by atoms with Gasteiger partial charge in [0.05, 0.1) is 6.10 Å². The third-order valence-electron chi connectivity index (χ3n) is 4.34. The minimum Gasteiger partial charge on any atom is -0.413 e. The van der Waals surface area contributed by atoms with Gasteiger partial charge in [0.1, 0.15) is 5.78 Å². The molecule has 0 N–H and O–H groups in total. The largest absolute Gasteiger partial charge is 0.413 e. The van der Waals surface area contributed by atoms with E-state index < -0.39 is 8.32 Å². The van der Waals surface area contributed by atoms with Crippen LogP contribution in [-0.4, -0.2) is 20.2 Å². The van der Waals surface area contributed by atoms with Gasteiger partial charge in [-0.3, -0.25) is 4.79 Å². The Labute approximate surface area is 113 Å². The van der Waals surface area contributed by atoms with Crippen molar-refractivity contribution in [3.8, 4) is 0 Å². The van der Waals surface area contributed by atoms with Crippen molar-refractivity contribution in [2.75, 3.05) is 0 Å².